The largest absolute Gasteiger partial charge is 0.469 e. The van der Waals surface area contributed by atoms with Crippen LogP contribution in [0.15, 0.2) is 11.4 Å². The van der Waals surface area contributed by atoms with Crippen molar-refractivity contribution in [2.24, 2.45) is 17.3 Å². The van der Waals surface area contributed by atoms with E-state index in [4.69, 9.17) is 11.6 Å². The number of hydrogen-bond acceptors (Lipinski definition) is 2. The Hall–Kier alpha value is -0.570. The van der Waals surface area contributed by atoms with Gasteiger partial charge in [-0.15, -0.1) is 0 Å². The average Bonchev–Trinajstić information content (AvgIpc) is 2.51. The first-order valence-corrected chi connectivity index (χ1v) is 4.39. The molecular weight excluding hydrogens is 195 g/mol. The first-order chi connectivity index (χ1) is 5.91. The molecule has 2 nitrogen and oxygen atoms in total. The summed E-state index contributed by atoms with van der Waals surface area (Å²) >= 11 is 5.10. The summed E-state index contributed by atoms with van der Waals surface area (Å²) in [6.07, 6.45) is 1.27. The van der Waals surface area contributed by atoms with Gasteiger partial charge < -0.3 is 4.74 Å². The summed E-state index contributed by atoms with van der Waals surface area (Å²) in [5.41, 5.74) is -0.237. The molecule has 74 valence electrons. The standard InChI is InChI=1S/C9H12ClFO2/c1-9(2)5(4-6(10)11)7(9)8(12)13-3/h4-5,7H,1-3H3/t5-,7+/m1/s1. The highest BCUT2D eigenvalue weighted by atomic mass is 35.5. The zero-order valence-corrected chi connectivity index (χ0v) is 8.56. The molecule has 1 rings (SSSR count). The molecule has 0 spiro atoms. The van der Waals surface area contributed by atoms with Crippen molar-refractivity contribution in [2.75, 3.05) is 7.11 Å². The number of carbonyl (C=O) groups excluding carboxylic acids is 1. The summed E-state index contributed by atoms with van der Waals surface area (Å²) < 4.78 is 16.9. The molecule has 0 aromatic rings. The van der Waals surface area contributed by atoms with Crippen molar-refractivity contribution in [2.45, 2.75) is 13.8 Å². The Morgan fingerprint density at radius 3 is 2.54 bits per heavy atom. The summed E-state index contributed by atoms with van der Waals surface area (Å²) in [6.45, 7) is 3.77. The van der Waals surface area contributed by atoms with Crippen LogP contribution in [0.25, 0.3) is 0 Å². The van der Waals surface area contributed by atoms with E-state index >= 15 is 0 Å². The van der Waals surface area contributed by atoms with Crippen LogP contribution in [0.4, 0.5) is 4.39 Å². The number of rotatable bonds is 2. The van der Waals surface area contributed by atoms with Crippen LogP contribution < -0.4 is 0 Å². The molecule has 0 aromatic heterocycles. The summed E-state index contributed by atoms with van der Waals surface area (Å²) in [7, 11) is 1.33. The molecule has 13 heavy (non-hydrogen) atoms. The second-order valence-corrected chi connectivity index (χ2v) is 4.17. The van der Waals surface area contributed by atoms with Crippen molar-refractivity contribution in [3.63, 3.8) is 0 Å². The Morgan fingerprint density at radius 1 is 1.62 bits per heavy atom. The molecule has 0 heterocycles. The lowest BCUT2D eigenvalue weighted by Gasteiger charge is -1.98. The first-order valence-electron chi connectivity index (χ1n) is 4.02. The first kappa shape index (κ1) is 10.5. The normalized spacial score (nSPS) is 31.3. The Labute approximate surface area is 81.7 Å². The van der Waals surface area contributed by atoms with Crippen LogP contribution in [0.5, 0.6) is 0 Å². The smallest absolute Gasteiger partial charge is 0.309 e. The number of esters is 1. The zero-order valence-electron chi connectivity index (χ0n) is 7.80. The molecule has 0 unspecified atom stereocenters. The van der Waals surface area contributed by atoms with Crippen LogP contribution >= 0.6 is 11.6 Å². The summed E-state index contributed by atoms with van der Waals surface area (Å²) in [6, 6.07) is 0. The van der Waals surface area contributed by atoms with E-state index < -0.39 is 5.29 Å². The number of hydrogen-bond donors (Lipinski definition) is 0. The van der Waals surface area contributed by atoms with Crippen LogP contribution in [0.3, 0.4) is 0 Å². The van der Waals surface area contributed by atoms with Gasteiger partial charge in [0.25, 0.3) is 0 Å². The van der Waals surface area contributed by atoms with Gasteiger partial charge in [0, 0.05) is 5.92 Å². The van der Waals surface area contributed by atoms with Gasteiger partial charge >= 0.3 is 5.97 Å². The van der Waals surface area contributed by atoms with Crippen LogP contribution in [0.2, 0.25) is 0 Å². The van der Waals surface area contributed by atoms with Crippen molar-refractivity contribution in [1.82, 2.24) is 0 Å². The van der Waals surface area contributed by atoms with Crippen molar-refractivity contribution in [3.05, 3.63) is 11.4 Å². The summed E-state index contributed by atoms with van der Waals surface area (Å²) in [4.78, 5) is 11.2. The minimum Gasteiger partial charge on any atom is -0.469 e. The average molecular weight is 207 g/mol. The van der Waals surface area contributed by atoms with E-state index in [1.807, 2.05) is 13.8 Å². The van der Waals surface area contributed by atoms with E-state index in [0.29, 0.717) is 0 Å². The van der Waals surface area contributed by atoms with Crippen molar-refractivity contribution in [1.29, 1.82) is 0 Å². The second kappa shape index (κ2) is 3.29. The van der Waals surface area contributed by atoms with Gasteiger partial charge in [-0.05, 0) is 11.5 Å². The van der Waals surface area contributed by atoms with Crippen molar-refractivity contribution < 1.29 is 13.9 Å². The van der Waals surface area contributed by atoms with Gasteiger partial charge in [0.05, 0.1) is 13.0 Å². The highest BCUT2D eigenvalue weighted by Gasteiger charge is 2.61. The van der Waals surface area contributed by atoms with Gasteiger partial charge in [-0.2, -0.15) is 4.39 Å². The lowest BCUT2D eigenvalue weighted by atomic mass is 10.1. The van der Waals surface area contributed by atoms with Gasteiger partial charge in [0.15, 0.2) is 5.29 Å². The fourth-order valence-corrected chi connectivity index (χ4v) is 1.84. The Balaban J connectivity index is 2.72. The Morgan fingerprint density at radius 2 is 2.15 bits per heavy atom. The lowest BCUT2D eigenvalue weighted by molar-refractivity contribution is -0.143. The van der Waals surface area contributed by atoms with E-state index in [2.05, 4.69) is 4.74 Å². The molecule has 0 N–H and O–H groups in total. The third kappa shape index (κ3) is 1.85. The predicted octanol–water partition coefficient (Wildman–Crippen LogP) is 2.48. The van der Waals surface area contributed by atoms with E-state index in [1.54, 1.807) is 0 Å². The lowest BCUT2D eigenvalue weighted by Crippen LogP contribution is -2.07. The number of allylic oxidation sites excluding steroid dienone is 1. The molecular formula is C9H12ClFO2. The molecule has 0 aliphatic heterocycles. The van der Waals surface area contributed by atoms with E-state index in [1.165, 1.54) is 13.2 Å². The number of ether oxygens (including phenoxy) is 1. The number of methoxy groups -OCH3 is 1. The van der Waals surface area contributed by atoms with E-state index in [9.17, 15) is 9.18 Å². The highest BCUT2D eigenvalue weighted by Crippen LogP contribution is 2.59. The molecule has 1 aliphatic carbocycles. The van der Waals surface area contributed by atoms with Crippen LogP contribution in [0.1, 0.15) is 13.8 Å². The van der Waals surface area contributed by atoms with Crippen molar-refractivity contribution in [3.8, 4) is 0 Å². The molecule has 1 aliphatic rings. The number of carbonyl (C=O) groups is 1. The third-order valence-corrected chi connectivity index (χ3v) is 2.80. The predicted molar refractivity (Wildman–Crippen MR) is 47.8 cm³/mol. The monoisotopic (exact) mass is 206 g/mol. The van der Waals surface area contributed by atoms with Crippen molar-refractivity contribution >= 4 is 17.6 Å². The summed E-state index contributed by atoms with van der Waals surface area (Å²) in [5, 5.41) is -0.760. The molecule has 0 aromatic carbocycles. The SMILES string of the molecule is COC(=O)[C@@H]1[C@@H](C=C(F)Cl)C1(C)C. The molecule has 0 amide bonds. The Kier molecular flexibility index (Phi) is 2.66. The maximum absolute atomic E-state index is 12.4. The molecule has 1 fully saturated rings. The van der Waals surface area contributed by atoms with E-state index in [0.717, 1.165) is 0 Å². The van der Waals surface area contributed by atoms with Gasteiger partial charge in [-0.3, -0.25) is 4.79 Å². The molecule has 2 atom stereocenters. The Bertz CT molecular complexity index is 256. The quantitative estimate of drug-likeness (QED) is 0.649. The van der Waals surface area contributed by atoms with Gasteiger partial charge in [0.2, 0.25) is 0 Å². The topological polar surface area (TPSA) is 26.3 Å². The molecule has 0 saturated heterocycles. The molecule has 0 bridgehead atoms. The van der Waals surface area contributed by atoms with E-state index in [-0.39, 0.29) is 23.2 Å². The van der Waals surface area contributed by atoms with Crippen LogP contribution in [-0.2, 0) is 9.53 Å². The highest BCUT2D eigenvalue weighted by molar-refractivity contribution is 6.28. The fourth-order valence-electron chi connectivity index (χ4n) is 1.70. The second-order valence-electron chi connectivity index (χ2n) is 3.80. The maximum atomic E-state index is 12.4. The third-order valence-electron chi connectivity index (χ3n) is 2.67. The van der Waals surface area contributed by atoms with Crippen LogP contribution in [-0.4, -0.2) is 13.1 Å². The molecule has 1 saturated carbocycles. The van der Waals surface area contributed by atoms with Gasteiger partial charge in [-0.25, -0.2) is 0 Å². The number of halogens is 2. The minimum atomic E-state index is -0.760. The van der Waals surface area contributed by atoms with Crippen LogP contribution in [0, 0.1) is 17.3 Å². The minimum absolute atomic E-state index is 0.141. The maximum Gasteiger partial charge on any atom is 0.309 e. The van der Waals surface area contributed by atoms with Gasteiger partial charge in [-0.1, -0.05) is 25.4 Å². The summed E-state index contributed by atoms with van der Waals surface area (Å²) in [5.74, 6) is -0.705. The van der Waals surface area contributed by atoms with Gasteiger partial charge in [0.1, 0.15) is 0 Å². The molecule has 0 radical (unpaired) electrons. The molecule has 4 heteroatoms. The fraction of sp³-hybridized carbons (Fsp3) is 0.667. The zero-order chi connectivity index (χ0) is 10.2.